The molecule has 1 aromatic heterocycles. The molecule has 0 atom stereocenters. The van der Waals surface area contributed by atoms with Gasteiger partial charge < -0.3 is 10.5 Å². The van der Waals surface area contributed by atoms with Crippen molar-refractivity contribution in [2.75, 3.05) is 5.73 Å². The second kappa shape index (κ2) is 6.64. The van der Waals surface area contributed by atoms with E-state index in [0.717, 1.165) is 30.8 Å². The summed E-state index contributed by atoms with van der Waals surface area (Å²) in [6, 6.07) is 7.85. The van der Waals surface area contributed by atoms with Crippen molar-refractivity contribution in [3.8, 4) is 0 Å². The molecule has 0 saturated carbocycles. The zero-order chi connectivity index (χ0) is 16.2. The Morgan fingerprint density at radius 3 is 2.55 bits per heavy atom. The maximum absolute atomic E-state index is 12.1. The van der Waals surface area contributed by atoms with E-state index in [9.17, 15) is 4.79 Å². The van der Waals surface area contributed by atoms with Crippen LogP contribution < -0.4 is 5.73 Å². The van der Waals surface area contributed by atoms with Crippen molar-refractivity contribution < 1.29 is 9.53 Å². The summed E-state index contributed by atoms with van der Waals surface area (Å²) in [5, 5.41) is 0. The van der Waals surface area contributed by atoms with Crippen molar-refractivity contribution in [1.29, 1.82) is 0 Å². The van der Waals surface area contributed by atoms with Crippen LogP contribution >= 0.6 is 0 Å². The molecule has 118 valence electrons. The number of hydrogen-bond acceptors (Lipinski definition) is 4. The largest absolute Gasteiger partial charge is 0.443 e. The molecule has 2 N–H and O–H groups in total. The standard InChI is InChI=1S/C17H23N3O2/c1-17(2,3)22-16(21)20-12-11-19-15(20)6-4-5-13-7-9-14(18)10-8-13/h7-12H,4-6,18H2,1-3H3. The maximum Gasteiger partial charge on any atom is 0.419 e. The predicted molar refractivity (Wildman–Crippen MR) is 86.7 cm³/mol. The summed E-state index contributed by atoms with van der Waals surface area (Å²) in [5.41, 5.74) is 7.15. The molecule has 0 fully saturated rings. The SMILES string of the molecule is CC(C)(C)OC(=O)n1ccnc1CCCc1ccc(N)cc1. The molecule has 0 spiro atoms. The fourth-order valence-electron chi connectivity index (χ4n) is 2.13. The van der Waals surface area contributed by atoms with E-state index in [0.29, 0.717) is 0 Å². The van der Waals surface area contributed by atoms with E-state index in [1.165, 1.54) is 10.1 Å². The second-order valence-electron chi connectivity index (χ2n) is 6.29. The number of anilines is 1. The number of carbonyl (C=O) groups excluding carboxylic acids is 1. The van der Waals surface area contributed by atoms with E-state index in [1.807, 2.05) is 45.0 Å². The Labute approximate surface area is 131 Å². The van der Waals surface area contributed by atoms with E-state index >= 15 is 0 Å². The number of hydrogen-bond donors (Lipinski definition) is 1. The summed E-state index contributed by atoms with van der Waals surface area (Å²) >= 11 is 0. The first-order valence-corrected chi connectivity index (χ1v) is 7.45. The fourth-order valence-corrected chi connectivity index (χ4v) is 2.13. The summed E-state index contributed by atoms with van der Waals surface area (Å²) in [6.45, 7) is 5.55. The number of nitrogens with two attached hydrogens (primary N) is 1. The topological polar surface area (TPSA) is 70.1 Å². The number of benzene rings is 1. The molecule has 22 heavy (non-hydrogen) atoms. The molecule has 0 aliphatic carbocycles. The normalized spacial score (nSPS) is 11.4. The van der Waals surface area contributed by atoms with Gasteiger partial charge in [-0.2, -0.15) is 0 Å². The summed E-state index contributed by atoms with van der Waals surface area (Å²) in [7, 11) is 0. The van der Waals surface area contributed by atoms with E-state index < -0.39 is 5.60 Å². The monoisotopic (exact) mass is 301 g/mol. The van der Waals surface area contributed by atoms with Gasteiger partial charge in [-0.3, -0.25) is 0 Å². The third-order valence-corrected chi connectivity index (χ3v) is 3.15. The lowest BCUT2D eigenvalue weighted by Crippen LogP contribution is -2.27. The van der Waals surface area contributed by atoms with Crippen LogP contribution in [0.5, 0.6) is 0 Å². The highest BCUT2D eigenvalue weighted by atomic mass is 16.6. The van der Waals surface area contributed by atoms with Crippen LogP contribution in [0, 0.1) is 0 Å². The fraction of sp³-hybridized carbons (Fsp3) is 0.412. The Balaban J connectivity index is 1.92. The third-order valence-electron chi connectivity index (χ3n) is 3.15. The average Bonchev–Trinajstić information content (AvgIpc) is 2.88. The molecular weight excluding hydrogens is 278 g/mol. The predicted octanol–water partition coefficient (Wildman–Crippen LogP) is 3.42. The Bertz CT molecular complexity index is 624. The summed E-state index contributed by atoms with van der Waals surface area (Å²) < 4.78 is 6.85. The second-order valence-corrected chi connectivity index (χ2v) is 6.29. The zero-order valence-corrected chi connectivity index (χ0v) is 13.4. The highest BCUT2D eigenvalue weighted by Crippen LogP contribution is 2.13. The number of nitrogens with zero attached hydrogens (tertiary/aromatic N) is 2. The molecular formula is C17H23N3O2. The zero-order valence-electron chi connectivity index (χ0n) is 13.4. The molecule has 0 unspecified atom stereocenters. The van der Waals surface area contributed by atoms with Gasteiger partial charge in [0.2, 0.25) is 0 Å². The molecule has 0 radical (unpaired) electrons. The number of aryl methyl sites for hydroxylation is 2. The Hall–Kier alpha value is -2.30. The molecule has 0 aliphatic heterocycles. The van der Waals surface area contributed by atoms with Gasteiger partial charge in [0.15, 0.2) is 0 Å². The van der Waals surface area contributed by atoms with Gasteiger partial charge in [-0.05, 0) is 51.3 Å². The van der Waals surface area contributed by atoms with Gasteiger partial charge in [0.05, 0.1) is 0 Å². The smallest absolute Gasteiger partial charge is 0.419 e. The number of imidazole rings is 1. The highest BCUT2D eigenvalue weighted by molar-refractivity contribution is 5.71. The first kappa shape index (κ1) is 16.1. The highest BCUT2D eigenvalue weighted by Gasteiger charge is 2.19. The van der Waals surface area contributed by atoms with Gasteiger partial charge in [-0.25, -0.2) is 14.3 Å². The number of carbonyl (C=O) groups is 1. The molecule has 0 amide bonds. The van der Waals surface area contributed by atoms with E-state index in [-0.39, 0.29) is 6.09 Å². The van der Waals surface area contributed by atoms with E-state index in [4.69, 9.17) is 10.5 Å². The molecule has 1 aromatic carbocycles. The summed E-state index contributed by atoms with van der Waals surface area (Å²) in [4.78, 5) is 16.4. The molecule has 5 heteroatoms. The number of rotatable bonds is 4. The van der Waals surface area contributed by atoms with Crippen LogP contribution in [0.1, 0.15) is 38.6 Å². The van der Waals surface area contributed by atoms with Gasteiger partial charge in [0.25, 0.3) is 0 Å². The lowest BCUT2D eigenvalue weighted by Gasteiger charge is -2.20. The first-order chi connectivity index (χ1) is 10.3. The van der Waals surface area contributed by atoms with Crippen molar-refractivity contribution in [1.82, 2.24) is 9.55 Å². The Morgan fingerprint density at radius 2 is 1.91 bits per heavy atom. The maximum atomic E-state index is 12.1. The lowest BCUT2D eigenvalue weighted by atomic mass is 10.1. The molecule has 0 saturated heterocycles. The first-order valence-electron chi connectivity index (χ1n) is 7.45. The van der Waals surface area contributed by atoms with Crippen LogP contribution in [-0.4, -0.2) is 21.2 Å². The quantitative estimate of drug-likeness (QED) is 0.878. The Kier molecular flexibility index (Phi) is 4.85. The van der Waals surface area contributed by atoms with Crippen LogP contribution in [0.2, 0.25) is 0 Å². The van der Waals surface area contributed by atoms with Crippen LogP contribution in [0.25, 0.3) is 0 Å². The molecule has 5 nitrogen and oxygen atoms in total. The number of nitrogen functional groups attached to an aromatic ring is 1. The molecule has 2 rings (SSSR count). The van der Waals surface area contributed by atoms with Crippen molar-refractivity contribution >= 4 is 11.8 Å². The summed E-state index contributed by atoms with van der Waals surface area (Å²) in [6.07, 6.45) is 5.43. The molecule has 2 aromatic rings. The van der Waals surface area contributed by atoms with Gasteiger partial charge in [0, 0.05) is 24.5 Å². The van der Waals surface area contributed by atoms with Crippen LogP contribution in [0.4, 0.5) is 10.5 Å². The van der Waals surface area contributed by atoms with Crippen molar-refractivity contribution in [3.63, 3.8) is 0 Å². The van der Waals surface area contributed by atoms with Crippen molar-refractivity contribution in [2.24, 2.45) is 0 Å². The number of ether oxygens (including phenoxy) is 1. The van der Waals surface area contributed by atoms with Gasteiger partial charge in [-0.1, -0.05) is 12.1 Å². The molecule has 1 heterocycles. The minimum absolute atomic E-state index is 0.382. The van der Waals surface area contributed by atoms with Gasteiger partial charge >= 0.3 is 6.09 Å². The van der Waals surface area contributed by atoms with Gasteiger partial charge in [0.1, 0.15) is 11.4 Å². The molecule has 0 aliphatic rings. The van der Waals surface area contributed by atoms with Gasteiger partial charge in [-0.15, -0.1) is 0 Å². The number of aromatic nitrogens is 2. The van der Waals surface area contributed by atoms with E-state index in [2.05, 4.69) is 4.98 Å². The molecule has 0 bridgehead atoms. The summed E-state index contributed by atoms with van der Waals surface area (Å²) in [5.74, 6) is 0.727. The minimum atomic E-state index is -0.511. The average molecular weight is 301 g/mol. The van der Waals surface area contributed by atoms with Crippen LogP contribution in [0.15, 0.2) is 36.7 Å². The van der Waals surface area contributed by atoms with Crippen molar-refractivity contribution in [3.05, 3.63) is 48.0 Å². The van der Waals surface area contributed by atoms with E-state index in [1.54, 1.807) is 12.4 Å². The Morgan fingerprint density at radius 1 is 1.23 bits per heavy atom. The minimum Gasteiger partial charge on any atom is -0.443 e. The van der Waals surface area contributed by atoms with Crippen LogP contribution in [-0.2, 0) is 17.6 Å². The third kappa shape index (κ3) is 4.62. The van der Waals surface area contributed by atoms with Crippen molar-refractivity contribution in [2.45, 2.75) is 45.6 Å². The lowest BCUT2D eigenvalue weighted by molar-refractivity contribution is 0.0531. The van der Waals surface area contributed by atoms with Crippen LogP contribution in [0.3, 0.4) is 0 Å².